The first kappa shape index (κ1) is 32.1. The first-order valence-corrected chi connectivity index (χ1v) is 14.8. The van der Waals surface area contributed by atoms with Crippen LogP contribution in [-0.2, 0) is 26.6 Å². The number of halogens is 7. The zero-order chi connectivity index (χ0) is 33.1. The molecule has 0 unspecified atom stereocenters. The fraction of sp³-hybridized carbons (Fsp3) is 0.290. The van der Waals surface area contributed by atoms with Gasteiger partial charge in [-0.2, -0.15) is 26.3 Å². The molecule has 2 heterocycles. The van der Waals surface area contributed by atoms with Gasteiger partial charge in [0, 0.05) is 10.0 Å². The van der Waals surface area contributed by atoms with Crippen LogP contribution in [-0.4, -0.2) is 35.7 Å². The molecule has 2 amide bonds. The van der Waals surface area contributed by atoms with Crippen molar-refractivity contribution in [2.75, 3.05) is 11.5 Å². The van der Waals surface area contributed by atoms with Crippen molar-refractivity contribution < 1.29 is 55.5 Å². The molecule has 240 valence electrons. The number of fused-ring (bicyclic) bond motifs is 3. The standard InChI is InChI=1S/C31H23BBrF6NO6/c33-18-6-7-24(41)21(12-18)25-13-22-26-23(8-15(27(22)32(44)46-25)14-45-20-4-2-1-3-5-20)28(42)40(29(26)43)19-10-16(30(34,35)36)9-17(11-19)31(37,38)39/h1-7,9-12,22-23,25-26,41,44H,8,13-14H2/t22-,23-,25-,26+/m0/s1. The van der Waals surface area contributed by atoms with Crippen molar-refractivity contribution in [1.29, 1.82) is 0 Å². The number of aromatic hydroxyl groups is 1. The lowest BCUT2D eigenvalue weighted by Crippen LogP contribution is -2.45. The number of ether oxygens (including phenoxy) is 1. The molecule has 3 aromatic rings. The lowest BCUT2D eigenvalue weighted by Gasteiger charge is -2.42. The van der Waals surface area contributed by atoms with Gasteiger partial charge in [0.2, 0.25) is 11.8 Å². The van der Waals surface area contributed by atoms with E-state index in [0.29, 0.717) is 32.8 Å². The molecule has 0 radical (unpaired) electrons. The SMILES string of the molecule is O=C1[C@H]2[C@H](CC(COc3ccccc3)=C3B(O)O[C@H](c4cc(Br)ccc4O)C[C@H]32)C(=O)N1c1cc(C(F)(F)F)cc(C(F)(F)F)c1. The van der Waals surface area contributed by atoms with Gasteiger partial charge in [-0.05, 0) is 78.3 Å². The Morgan fingerprint density at radius 2 is 1.57 bits per heavy atom. The van der Waals surface area contributed by atoms with Crippen molar-refractivity contribution in [2.24, 2.45) is 17.8 Å². The minimum atomic E-state index is -5.20. The largest absolute Gasteiger partial charge is 0.508 e. The maximum absolute atomic E-state index is 14.0. The average Bonchev–Trinajstić information content (AvgIpc) is 3.25. The second-order valence-corrected chi connectivity index (χ2v) is 12.2. The molecule has 2 saturated heterocycles. The van der Waals surface area contributed by atoms with Gasteiger partial charge in [-0.15, -0.1) is 0 Å². The number of carbonyl (C=O) groups excluding carboxylic acids is 2. The third-order valence-corrected chi connectivity index (χ3v) is 9.03. The summed E-state index contributed by atoms with van der Waals surface area (Å²) in [6.45, 7) is -0.143. The number of carbonyl (C=O) groups is 2. The van der Waals surface area contributed by atoms with Crippen molar-refractivity contribution in [3.63, 3.8) is 0 Å². The normalized spacial score (nSPS) is 23.5. The summed E-state index contributed by atoms with van der Waals surface area (Å²) in [5.74, 6) is -5.05. The summed E-state index contributed by atoms with van der Waals surface area (Å²) in [5.41, 5.74) is -3.29. The smallest absolute Gasteiger partial charge is 0.487 e. The zero-order valence-corrected chi connectivity index (χ0v) is 25.1. The Bertz CT molecular complexity index is 1700. The molecule has 15 heteroatoms. The summed E-state index contributed by atoms with van der Waals surface area (Å²) in [6.07, 6.45) is -11.6. The molecule has 4 atom stereocenters. The fourth-order valence-corrected chi connectivity index (χ4v) is 6.92. The summed E-state index contributed by atoms with van der Waals surface area (Å²) in [6, 6.07) is 13.7. The molecule has 2 fully saturated rings. The minimum absolute atomic E-state index is 0.0460. The molecule has 3 aliphatic rings. The number of alkyl halides is 6. The van der Waals surface area contributed by atoms with Gasteiger partial charge in [-0.1, -0.05) is 34.1 Å². The topological polar surface area (TPSA) is 96.3 Å². The predicted octanol–water partition coefficient (Wildman–Crippen LogP) is 6.87. The molecule has 1 aliphatic carbocycles. The maximum atomic E-state index is 14.0. The van der Waals surface area contributed by atoms with Gasteiger partial charge in [-0.25, -0.2) is 4.90 Å². The fourth-order valence-electron chi connectivity index (χ4n) is 6.54. The maximum Gasteiger partial charge on any atom is 0.487 e. The molecule has 3 aromatic carbocycles. The number of phenolic OH excluding ortho intramolecular Hbond substituents is 1. The van der Waals surface area contributed by atoms with Crippen molar-refractivity contribution in [3.05, 3.63) is 98.9 Å². The van der Waals surface area contributed by atoms with E-state index in [2.05, 4.69) is 15.9 Å². The van der Waals surface area contributed by atoms with Gasteiger partial charge in [0.1, 0.15) is 18.1 Å². The van der Waals surface area contributed by atoms with Gasteiger partial charge in [-0.3, -0.25) is 9.59 Å². The van der Waals surface area contributed by atoms with Gasteiger partial charge in [0.15, 0.2) is 0 Å². The number of hydrogen-bond donors (Lipinski definition) is 2. The summed E-state index contributed by atoms with van der Waals surface area (Å²) in [5, 5.41) is 21.8. The Hall–Kier alpha value is -3.82. The Morgan fingerprint density at radius 3 is 2.20 bits per heavy atom. The first-order valence-electron chi connectivity index (χ1n) is 14.0. The Balaban J connectivity index is 1.43. The Kier molecular flexibility index (Phi) is 8.22. The molecule has 0 spiro atoms. The van der Waals surface area contributed by atoms with Crippen LogP contribution >= 0.6 is 15.9 Å². The number of nitrogens with zero attached hydrogens (tertiary/aromatic N) is 1. The van der Waals surface area contributed by atoms with Crippen LogP contribution in [0.5, 0.6) is 11.5 Å². The second-order valence-electron chi connectivity index (χ2n) is 11.3. The molecule has 46 heavy (non-hydrogen) atoms. The lowest BCUT2D eigenvalue weighted by atomic mass is 9.55. The molecular formula is C31H23BBrF6NO6. The number of benzene rings is 3. The van der Waals surface area contributed by atoms with Crippen molar-refractivity contribution in [2.45, 2.75) is 31.3 Å². The quantitative estimate of drug-likeness (QED) is 0.171. The molecule has 2 N–H and O–H groups in total. The zero-order valence-electron chi connectivity index (χ0n) is 23.5. The summed E-state index contributed by atoms with van der Waals surface area (Å²) >= 11 is 3.31. The summed E-state index contributed by atoms with van der Waals surface area (Å²) in [4.78, 5) is 28.2. The van der Waals surface area contributed by atoms with Gasteiger partial charge in [0.05, 0.1) is 34.8 Å². The van der Waals surface area contributed by atoms with E-state index >= 15 is 0 Å². The molecule has 0 saturated carbocycles. The number of para-hydroxylation sites is 1. The van der Waals surface area contributed by atoms with E-state index < -0.39 is 72.0 Å². The molecule has 6 rings (SSSR count). The number of anilines is 1. The molecular weight excluding hydrogens is 687 g/mol. The van der Waals surface area contributed by atoms with Crippen LogP contribution in [0.1, 0.15) is 35.6 Å². The third-order valence-electron chi connectivity index (χ3n) is 8.53. The van der Waals surface area contributed by atoms with Crippen LogP contribution < -0.4 is 9.64 Å². The van der Waals surface area contributed by atoms with Crippen molar-refractivity contribution in [3.8, 4) is 11.5 Å². The van der Waals surface area contributed by atoms with Crippen LogP contribution in [0.2, 0.25) is 0 Å². The van der Waals surface area contributed by atoms with Crippen LogP contribution in [0.15, 0.2) is 82.2 Å². The average molecular weight is 710 g/mol. The lowest BCUT2D eigenvalue weighted by molar-refractivity contribution is -0.143. The number of allylic oxidation sites excluding steroid dienone is 1. The summed E-state index contributed by atoms with van der Waals surface area (Å²) < 4.78 is 94.4. The van der Waals surface area contributed by atoms with Crippen LogP contribution in [0.25, 0.3) is 0 Å². The van der Waals surface area contributed by atoms with Gasteiger partial charge >= 0.3 is 19.5 Å². The van der Waals surface area contributed by atoms with E-state index in [1.807, 2.05) is 0 Å². The summed E-state index contributed by atoms with van der Waals surface area (Å²) in [7, 11) is -1.63. The van der Waals surface area contributed by atoms with E-state index in [4.69, 9.17) is 9.39 Å². The van der Waals surface area contributed by atoms with E-state index in [0.717, 1.165) is 0 Å². The van der Waals surface area contributed by atoms with Crippen molar-refractivity contribution in [1.82, 2.24) is 0 Å². The third kappa shape index (κ3) is 5.91. The van der Waals surface area contributed by atoms with Gasteiger partial charge in [0.25, 0.3) is 0 Å². The highest BCUT2D eigenvalue weighted by Gasteiger charge is 2.58. The van der Waals surface area contributed by atoms with Crippen LogP contribution in [0, 0.1) is 17.8 Å². The van der Waals surface area contributed by atoms with Crippen LogP contribution in [0.3, 0.4) is 0 Å². The number of imide groups is 1. The Labute approximate surface area is 266 Å². The highest BCUT2D eigenvalue weighted by atomic mass is 79.9. The molecule has 7 nitrogen and oxygen atoms in total. The van der Waals surface area contributed by atoms with E-state index in [9.17, 15) is 46.1 Å². The molecule has 0 aromatic heterocycles. The van der Waals surface area contributed by atoms with E-state index in [1.165, 1.54) is 6.07 Å². The molecule has 2 aliphatic heterocycles. The number of amides is 2. The van der Waals surface area contributed by atoms with E-state index in [1.54, 1.807) is 42.5 Å². The highest BCUT2D eigenvalue weighted by Crippen LogP contribution is 2.53. The number of hydrogen-bond acceptors (Lipinski definition) is 6. The monoisotopic (exact) mass is 709 g/mol. The minimum Gasteiger partial charge on any atom is -0.508 e. The van der Waals surface area contributed by atoms with Gasteiger partial charge < -0.3 is 19.5 Å². The Morgan fingerprint density at radius 1 is 0.913 bits per heavy atom. The van der Waals surface area contributed by atoms with Crippen molar-refractivity contribution >= 4 is 40.6 Å². The predicted molar refractivity (Wildman–Crippen MR) is 155 cm³/mol. The van der Waals surface area contributed by atoms with E-state index in [-0.39, 0.29) is 42.3 Å². The molecule has 0 bridgehead atoms. The number of phenols is 1. The first-order chi connectivity index (χ1) is 21.6. The van der Waals surface area contributed by atoms with Crippen LogP contribution in [0.4, 0.5) is 32.0 Å². The highest BCUT2D eigenvalue weighted by molar-refractivity contribution is 9.10. The second kappa shape index (κ2) is 11.8. The number of rotatable bonds is 5.